The molecule has 0 unspecified atom stereocenters. The van der Waals surface area contributed by atoms with Gasteiger partial charge in [0.15, 0.2) is 0 Å². The summed E-state index contributed by atoms with van der Waals surface area (Å²) in [5, 5.41) is 12.9. The fraction of sp³-hybridized carbons (Fsp3) is 0.280. The second kappa shape index (κ2) is 9.76. The van der Waals surface area contributed by atoms with Crippen LogP contribution < -0.4 is 20.5 Å². The molecule has 3 aromatic rings. The van der Waals surface area contributed by atoms with Crippen LogP contribution in [0.1, 0.15) is 28.5 Å². The normalized spacial score (nSPS) is 18.1. The SMILES string of the molecule is COc1ncc(F)cc1C(=O)NC[C@](O)(c1cc2c(c(-c3ccc(F)cc3)n1)OC[C@]2(C)C(N)=O)C(F)(F)F. The smallest absolute Gasteiger partial charge is 0.424 e. The highest BCUT2D eigenvalue weighted by Gasteiger charge is 2.57. The molecule has 0 saturated carbocycles. The standard InChI is InChI=1S/C25H21F5N4O5/c1-23(22(31)36)11-39-19-16(23)8-17(34-18(19)12-3-5-13(26)6-4-12)24(37,25(28,29)30)10-33-20(35)15-7-14(27)9-32-21(15)38-2/h3-9,37H,10-11H2,1-2H3,(H2,31,36)(H,33,35)/t23-,24-/m0/s1. The van der Waals surface area contributed by atoms with Gasteiger partial charge in [-0.1, -0.05) is 0 Å². The minimum Gasteiger partial charge on any atom is -0.489 e. The minimum atomic E-state index is -5.42. The second-order valence-electron chi connectivity index (χ2n) is 8.98. The molecule has 3 heterocycles. The van der Waals surface area contributed by atoms with E-state index in [0.29, 0.717) is 6.07 Å². The molecule has 2 aromatic heterocycles. The number of halogens is 5. The van der Waals surface area contributed by atoms with Gasteiger partial charge in [0.2, 0.25) is 17.4 Å². The molecule has 1 aliphatic rings. The van der Waals surface area contributed by atoms with E-state index in [9.17, 15) is 36.6 Å². The van der Waals surface area contributed by atoms with Crippen LogP contribution in [0.25, 0.3) is 11.3 Å². The summed E-state index contributed by atoms with van der Waals surface area (Å²) in [6, 6.07) is 6.04. The van der Waals surface area contributed by atoms with Crippen molar-refractivity contribution in [2.75, 3.05) is 20.3 Å². The number of fused-ring (bicyclic) bond motifs is 1. The topological polar surface area (TPSA) is 137 Å². The molecule has 2 atom stereocenters. The maximum atomic E-state index is 14.4. The Hall–Kier alpha value is -4.33. The van der Waals surface area contributed by atoms with Crippen molar-refractivity contribution >= 4 is 11.8 Å². The van der Waals surface area contributed by atoms with Crippen molar-refractivity contribution in [1.82, 2.24) is 15.3 Å². The molecule has 0 bridgehead atoms. The zero-order valence-corrected chi connectivity index (χ0v) is 20.4. The van der Waals surface area contributed by atoms with Gasteiger partial charge in [-0.05, 0) is 43.3 Å². The third kappa shape index (κ3) is 4.82. The molecular formula is C25H21F5N4O5. The Morgan fingerprint density at radius 1 is 1.18 bits per heavy atom. The van der Waals surface area contributed by atoms with Gasteiger partial charge in [-0.15, -0.1) is 0 Å². The first kappa shape index (κ1) is 27.7. The van der Waals surface area contributed by atoms with Crippen LogP contribution >= 0.6 is 0 Å². The Labute approximate surface area is 217 Å². The highest BCUT2D eigenvalue weighted by molar-refractivity contribution is 5.96. The van der Waals surface area contributed by atoms with E-state index < -0.39 is 58.4 Å². The zero-order chi connectivity index (χ0) is 28.8. The fourth-order valence-electron chi connectivity index (χ4n) is 3.99. The van der Waals surface area contributed by atoms with Crippen molar-refractivity contribution in [3.63, 3.8) is 0 Å². The summed E-state index contributed by atoms with van der Waals surface area (Å²) in [5.41, 5.74) is -1.62. The highest BCUT2D eigenvalue weighted by atomic mass is 19.4. The summed E-state index contributed by atoms with van der Waals surface area (Å²) in [5.74, 6) is -4.18. The number of rotatable bonds is 7. The fourth-order valence-corrected chi connectivity index (χ4v) is 3.99. The number of aromatic nitrogens is 2. The summed E-state index contributed by atoms with van der Waals surface area (Å²) >= 11 is 0. The summed E-state index contributed by atoms with van der Waals surface area (Å²) in [4.78, 5) is 32.5. The first-order valence-electron chi connectivity index (χ1n) is 11.2. The molecule has 0 spiro atoms. The minimum absolute atomic E-state index is 0.0733. The van der Waals surface area contributed by atoms with Gasteiger partial charge in [-0.3, -0.25) is 9.59 Å². The van der Waals surface area contributed by atoms with Crippen molar-refractivity contribution in [3.05, 3.63) is 71.1 Å². The number of nitrogens with two attached hydrogens (primary N) is 1. The summed E-state index contributed by atoms with van der Waals surface area (Å²) in [6.45, 7) is -0.459. The molecule has 0 aliphatic carbocycles. The average molecular weight is 552 g/mol. The van der Waals surface area contributed by atoms with Crippen LogP contribution in [0.2, 0.25) is 0 Å². The summed E-state index contributed by atoms with van der Waals surface area (Å²) < 4.78 is 80.9. The maximum Gasteiger partial charge on any atom is 0.424 e. The number of carbonyl (C=O) groups is 2. The first-order valence-corrected chi connectivity index (χ1v) is 11.2. The third-order valence-corrected chi connectivity index (χ3v) is 6.39. The Morgan fingerprint density at radius 3 is 2.44 bits per heavy atom. The van der Waals surface area contributed by atoms with Crippen molar-refractivity contribution in [2.24, 2.45) is 5.73 Å². The van der Waals surface area contributed by atoms with Gasteiger partial charge >= 0.3 is 6.18 Å². The highest BCUT2D eigenvalue weighted by Crippen LogP contribution is 2.47. The van der Waals surface area contributed by atoms with Gasteiger partial charge in [0.1, 0.15) is 40.7 Å². The Morgan fingerprint density at radius 2 is 1.85 bits per heavy atom. The number of hydrogen-bond acceptors (Lipinski definition) is 7. The molecule has 206 valence electrons. The maximum absolute atomic E-state index is 14.4. The number of amides is 2. The van der Waals surface area contributed by atoms with Gasteiger partial charge in [-0.25, -0.2) is 18.7 Å². The number of pyridine rings is 2. The van der Waals surface area contributed by atoms with Gasteiger partial charge in [0, 0.05) is 11.1 Å². The lowest BCUT2D eigenvalue weighted by Crippen LogP contribution is -2.52. The predicted molar refractivity (Wildman–Crippen MR) is 125 cm³/mol. The molecule has 0 radical (unpaired) electrons. The van der Waals surface area contributed by atoms with Crippen LogP contribution in [0.5, 0.6) is 11.6 Å². The number of aliphatic hydroxyl groups is 1. The lowest BCUT2D eigenvalue weighted by Gasteiger charge is -2.31. The number of methoxy groups -OCH3 is 1. The van der Waals surface area contributed by atoms with E-state index in [0.717, 1.165) is 31.5 Å². The van der Waals surface area contributed by atoms with Crippen molar-refractivity contribution in [2.45, 2.75) is 24.1 Å². The van der Waals surface area contributed by atoms with Gasteiger partial charge in [0.25, 0.3) is 5.91 Å². The Bertz CT molecular complexity index is 1450. The lowest BCUT2D eigenvalue weighted by atomic mass is 9.81. The monoisotopic (exact) mass is 552 g/mol. The largest absolute Gasteiger partial charge is 0.489 e. The number of carbonyl (C=O) groups excluding carboxylic acids is 2. The first-order chi connectivity index (χ1) is 18.2. The quantitative estimate of drug-likeness (QED) is 0.384. The van der Waals surface area contributed by atoms with Gasteiger partial charge in [0.05, 0.1) is 25.5 Å². The van der Waals surface area contributed by atoms with E-state index in [1.807, 2.05) is 5.32 Å². The molecule has 0 saturated heterocycles. The molecule has 9 nitrogen and oxygen atoms in total. The van der Waals surface area contributed by atoms with E-state index >= 15 is 0 Å². The van der Waals surface area contributed by atoms with Gasteiger partial charge in [-0.2, -0.15) is 13.2 Å². The van der Waals surface area contributed by atoms with Crippen LogP contribution in [0, 0.1) is 11.6 Å². The zero-order valence-electron chi connectivity index (χ0n) is 20.4. The number of nitrogens with zero attached hydrogens (tertiary/aromatic N) is 2. The van der Waals surface area contributed by atoms with Gasteiger partial charge < -0.3 is 25.6 Å². The van der Waals surface area contributed by atoms with E-state index in [4.69, 9.17) is 15.2 Å². The molecule has 1 aliphatic heterocycles. The van der Waals surface area contributed by atoms with Crippen molar-refractivity contribution < 1.29 is 46.1 Å². The van der Waals surface area contributed by atoms with E-state index in [2.05, 4.69) is 9.97 Å². The third-order valence-electron chi connectivity index (χ3n) is 6.39. The number of alkyl halides is 3. The van der Waals surface area contributed by atoms with E-state index in [1.54, 1.807) is 0 Å². The Balaban J connectivity index is 1.84. The molecule has 2 amide bonds. The van der Waals surface area contributed by atoms with Crippen LogP contribution in [0.3, 0.4) is 0 Å². The molecule has 1 aromatic carbocycles. The summed E-state index contributed by atoms with van der Waals surface area (Å²) in [7, 11) is 1.12. The average Bonchev–Trinajstić information content (AvgIpc) is 3.24. The molecule has 4 N–H and O–H groups in total. The second-order valence-corrected chi connectivity index (χ2v) is 8.98. The molecule has 0 fully saturated rings. The molecule has 4 rings (SSSR count). The predicted octanol–water partition coefficient (Wildman–Crippen LogP) is 2.75. The van der Waals surface area contributed by atoms with Crippen LogP contribution in [0.15, 0.2) is 42.6 Å². The van der Waals surface area contributed by atoms with Crippen LogP contribution in [-0.4, -0.2) is 53.3 Å². The molecule has 14 heteroatoms. The number of nitrogens with one attached hydrogen (secondary N) is 1. The molecular weight excluding hydrogens is 531 g/mol. The van der Waals surface area contributed by atoms with Crippen LogP contribution in [-0.2, 0) is 15.8 Å². The van der Waals surface area contributed by atoms with E-state index in [1.165, 1.54) is 19.1 Å². The summed E-state index contributed by atoms with van der Waals surface area (Å²) in [6.07, 6.45) is -4.68. The van der Waals surface area contributed by atoms with Crippen molar-refractivity contribution in [3.8, 4) is 22.9 Å². The van der Waals surface area contributed by atoms with E-state index in [-0.39, 0.29) is 35.1 Å². The number of primary amides is 1. The van der Waals surface area contributed by atoms with Crippen molar-refractivity contribution in [1.29, 1.82) is 0 Å². The molecule has 39 heavy (non-hydrogen) atoms. The lowest BCUT2D eigenvalue weighted by molar-refractivity contribution is -0.265. The number of hydrogen-bond donors (Lipinski definition) is 3. The van der Waals surface area contributed by atoms with Crippen LogP contribution in [0.4, 0.5) is 22.0 Å². The number of benzene rings is 1. The number of ether oxygens (including phenoxy) is 2. The Kier molecular flexibility index (Phi) is 6.93.